The molecule has 0 atom stereocenters. The molecule has 0 bridgehead atoms. The van der Waals surface area contributed by atoms with Crippen LogP contribution in [0.15, 0.2) is 6.20 Å². The number of nitrogens with zero attached hydrogens (tertiary/aromatic N) is 3. The molecule has 0 saturated carbocycles. The Morgan fingerprint density at radius 3 is 2.24 bits per heavy atom. The molecule has 17 heavy (non-hydrogen) atoms. The predicted molar refractivity (Wildman–Crippen MR) is 54.6 cm³/mol. The van der Waals surface area contributed by atoms with Crippen molar-refractivity contribution in [2.75, 3.05) is 14.1 Å². The van der Waals surface area contributed by atoms with Crippen molar-refractivity contribution in [3.63, 3.8) is 0 Å². The Balaban J connectivity index is 3.38. The van der Waals surface area contributed by atoms with Crippen LogP contribution < -0.4 is 0 Å². The van der Waals surface area contributed by atoms with Crippen molar-refractivity contribution in [1.29, 1.82) is 0 Å². The second-order valence-electron chi connectivity index (χ2n) is 3.52. The highest BCUT2D eigenvalue weighted by Crippen LogP contribution is 2.31. The normalized spacial score (nSPS) is 13.4. The van der Waals surface area contributed by atoms with E-state index in [0.717, 1.165) is 10.5 Å². The quantitative estimate of drug-likeness (QED) is 0.827. The predicted octanol–water partition coefficient (Wildman–Crippen LogP) is 1.12. The highest BCUT2D eigenvalue weighted by atomic mass is 32.2. The molecule has 0 spiro atoms. The van der Waals surface area contributed by atoms with Crippen molar-refractivity contribution >= 4 is 10.2 Å². The fourth-order valence-electron chi connectivity index (χ4n) is 1.17. The number of aromatic nitrogens is 2. The minimum absolute atomic E-state index is 0.0534. The minimum atomic E-state index is -4.65. The van der Waals surface area contributed by atoms with E-state index in [1.54, 1.807) is 0 Å². The van der Waals surface area contributed by atoms with Crippen LogP contribution >= 0.6 is 0 Å². The summed E-state index contributed by atoms with van der Waals surface area (Å²) in [5.74, 6) is 0. The van der Waals surface area contributed by atoms with Gasteiger partial charge in [-0.2, -0.15) is 35.1 Å². The van der Waals surface area contributed by atoms with Gasteiger partial charge in [0.15, 0.2) is 5.69 Å². The van der Waals surface area contributed by atoms with Crippen LogP contribution in [0.1, 0.15) is 18.2 Å². The van der Waals surface area contributed by atoms with Gasteiger partial charge >= 0.3 is 16.4 Å². The molecular weight excluding hydrogens is 259 g/mol. The van der Waals surface area contributed by atoms with Crippen molar-refractivity contribution in [2.45, 2.75) is 19.5 Å². The minimum Gasteiger partial charge on any atom is -0.189 e. The first-order chi connectivity index (χ1) is 7.60. The van der Waals surface area contributed by atoms with Gasteiger partial charge in [-0.3, -0.25) is 0 Å². The van der Waals surface area contributed by atoms with E-state index >= 15 is 0 Å². The highest BCUT2D eigenvalue weighted by Gasteiger charge is 2.38. The smallest absolute Gasteiger partial charge is 0.189 e. The molecule has 1 aromatic heterocycles. The summed E-state index contributed by atoms with van der Waals surface area (Å²) < 4.78 is 62.0. The van der Waals surface area contributed by atoms with E-state index in [1.807, 2.05) is 0 Å². The SMILES string of the molecule is CCc1cn(S(=O)(=O)N(C)C)nc1C(F)(F)F. The zero-order valence-electron chi connectivity index (χ0n) is 9.48. The van der Waals surface area contributed by atoms with Crippen LogP contribution in [0.4, 0.5) is 13.2 Å². The molecule has 0 radical (unpaired) electrons. The molecule has 1 aromatic rings. The maximum absolute atomic E-state index is 12.6. The molecule has 0 aliphatic rings. The lowest BCUT2D eigenvalue weighted by Crippen LogP contribution is -2.29. The number of alkyl halides is 3. The van der Waals surface area contributed by atoms with E-state index in [0.29, 0.717) is 4.09 Å². The molecule has 0 fully saturated rings. The first-order valence-electron chi connectivity index (χ1n) is 4.69. The summed E-state index contributed by atoms with van der Waals surface area (Å²) in [4.78, 5) is 0. The highest BCUT2D eigenvalue weighted by molar-refractivity contribution is 7.87. The van der Waals surface area contributed by atoms with Crippen LogP contribution in [0.2, 0.25) is 0 Å². The topological polar surface area (TPSA) is 55.2 Å². The summed E-state index contributed by atoms with van der Waals surface area (Å²) >= 11 is 0. The van der Waals surface area contributed by atoms with E-state index in [4.69, 9.17) is 0 Å². The third-order valence-electron chi connectivity index (χ3n) is 2.12. The Morgan fingerprint density at radius 2 is 1.94 bits per heavy atom. The molecule has 0 aromatic carbocycles. The molecule has 0 aliphatic carbocycles. The Kier molecular flexibility index (Phi) is 3.53. The molecule has 0 unspecified atom stereocenters. The van der Waals surface area contributed by atoms with E-state index in [9.17, 15) is 21.6 Å². The van der Waals surface area contributed by atoms with Gasteiger partial charge in [0, 0.05) is 25.9 Å². The van der Waals surface area contributed by atoms with Gasteiger partial charge in [-0.25, -0.2) is 0 Å². The van der Waals surface area contributed by atoms with Crippen LogP contribution in [0, 0.1) is 0 Å². The molecule has 0 N–H and O–H groups in total. The standard InChI is InChI=1S/C8H12F3N3O2S/c1-4-6-5-14(17(15,16)13(2)3)12-7(6)8(9,10)11/h5H,4H2,1-3H3. The van der Waals surface area contributed by atoms with Gasteiger partial charge in [-0.05, 0) is 6.42 Å². The van der Waals surface area contributed by atoms with E-state index < -0.39 is 22.1 Å². The third kappa shape index (κ3) is 2.60. The van der Waals surface area contributed by atoms with Gasteiger partial charge in [0.2, 0.25) is 0 Å². The van der Waals surface area contributed by atoms with E-state index in [2.05, 4.69) is 5.10 Å². The fraction of sp³-hybridized carbons (Fsp3) is 0.625. The average Bonchev–Trinajstić information content (AvgIpc) is 2.60. The zero-order valence-corrected chi connectivity index (χ0v) is 10.3. The van der Waals surface area contributed by atoms with Gasteiger partial charge in [-0.1, -0.05) is 6.92 Å². The lowest BCUT2D eigenvalue weighted by molar-refractivity contribution is -0.141. The van der Waals surface area contributed by atoms with Crippen molar-refractivity contribution < 1.29 is 21.6 Å². The Hall–Kier alpha value is -1.09. The van der Waals surface area contributed by atoms with Gasteiger partial charge in [0.1, 0.15) is 0 Å². The van der Waals surface area contributed by atoms with Crippen molar-refractivity contribution in [3.05, 3.63) is 17.5 Å². The molecule has 1 heterocycles. The molecule has 0 aliphatic heterocycles. The van der Waals surface area contributed by atoms with Crippen molar-refractivity contribution in [2.24, 2.45) is 0 Å². The molecule has 98 valence electrons. The van der Waals surface area contributed by atoms with Crippen molar-refractivity contribution in [3.8, 4) is 0 Å². The largest absolute Gasteiger partial charge is 0.435 e. The van der Waals surface area contributed by atoms with Crippen LogP contribution in [-0.2, 0) is 22.8 Å². The van der Waals surface area contributed by atoms with Crippen LogP contribution in [-0.4, -0.2) is 36.0 Å². The zero-order chi connectivity index (χ0) is 13.4. The first-order valence-corrected chi connectivity index (χ1v) is 6.09. The van der Waals surface area contributed by atoms with E-state index in [1.165, 1.54) is 21.0 Å². The van der Waals surface area contributed by atoms with Gasteiger partial charge in [-0.15, -0.1) is 0 Å². The summed E-state index contributed by atoms with van der Waals surface area (Å²) in [6, 6.07) is 0. The molecule has 0 amide bonds. The number of halogens is 3. The lowest BCUT2D eigenvalue weighted by Gasteiger charge is -2.10. The maximum Gasteiger partial charge on any atom is 0.435 e. The van der Waals surface area contributed by atoms with E-state index in [-0.39, 0.29) is 12.0 Å². The first kappa shape index (κ1) is 14.0. The Morgan fingerprint density at radius 1 is 1.41 bits per heavy atom. The van der Waals surface area contributed by atoms with Crippen LogP contribution in [0.5, 0.6) is 0 Å². The summed E-state index contributed by atoms with van der Waals surface area (Å²) in [6.45, 7) is 1.50. The van der Waals surface area contributed by atoms with Crippen LogP contribution in [0.25, 0.3) is 0 Å². The summed E-state index contributed by atoms with van der Waals surface area (Å²) in [5.41, 5.74) is -1.31. The van der Waals surface area contributed by atoms with Crippen molar-refractivity contribution in [1.82, 2.24) is 13.5 Å². The summed E-state index contributed by atoms with van der Waals surface area (Å²) in [7, 11) is -1.57. The van der Waals surface area contributed by atoms with Gasteiger partial charge in [0.05, 0.1) is 0 Å². The molecule has 5 nitrogen and oxygen atoms in total. The average molecular weight is 271 g/mol. The third-order valence-corrected chi connectivity index (χ3v) is 3.70. The molecule has 1 rings (SSSR count). The molecular formula is C8H12F3N3O2S. The Bertz CT molecular complexity index is 505. The number of hydrogen-bond acceptors (Lipinski definition) is 3. The van der Waals surface area contributed by atoms with Crippen LogP contribution in [0.3, 0.4) is 0 Å². The number of hydrogen-bond donors (Lipinski definition) is 0. The Labute approximate surface area is 97.0 Å². The van der Waals surface area contributed by atoms with Gasteiger partial charge < -0.3 is 0 Å². The number of rotatable bonds is 3. The fourth-order valence-corrected chi connectivity index (χ4v) is 1.95. The lowest BCUT2D eigenvalue weighted by atomic mass is 10.2. The molecule has 9 heteroatoms. The number of aryl methyl sites for hydroxylation is 1. The summed E-state index contributed by atoms with van der Waals surface area (Å²) in [5, 5.41) is 3.11. The second kappa shape index (κ2) is 4.30. The maximum atomic E-state index is 12.6. The summed E-state index contributed by atoms with van der Waals surface area (Å²) in [6.07, 6.45) is -3.71. The second-order valence-corrected chi connectivity index (χ2v) is 5.52. The monoisotopic (exact) mass is 271 g/mol. The van der Waals surface area contributed by atoms with Gasteiger partial charge in [0.25, 0.3) is 0 Å². The molecule has 0 saturated heterocycles.